The standard InChI is InChI=1S/C15H12F4O/c1-9-3-2-4-13(14(9)16)12-6-5-11(15(17,18)19)7-10(12)8-20/h2-7,20H,8H2,1H3. The first-order chi connectivity index (χ1) is 9.34. The van der Waals surface area contributed by atoms with Crippen LogP contribution in [0.4, 0.5) is 17.6 Å². The van der Waals surface area contributed by atoms with E-state index in [1.54, 1.807) is 19.1 Å². The molecule has 2 rings (SSSR count). The molecule has 0 unspecified atom stereocenters. The van der Waals surface area contributed by atoms with Gasteiger partial charge in [0.15, 0.2) is 0 Å². The molecular weight excluding hydrogens is 272 g/mol. The first-order valence-corrected chi connectivity index (χ1v) is 5.91. The number of alkyl halides is 3. The molecule has 2 aromatic carbocycles. The highest BCUT2D eigenvalue weighted by Crippen LogP contribution is 2.34. The lowest BCUT2D eigenvalue weighted by Gasteiger charge is -2.13. The van der Waals surface area contributed by atoms with Crippen molar-refractivity contribution in [2.24, 2.45) is 0 Å². The van der Waals surface area contributed by atoms with E-state index in [1.165, 1.54) is 12.1 Å². The van der Waals surface area contributed by atoms with Crippen molar-refractivity contribution >= 4 is 0 Å². The van der Waals surface area contributed by atoms with Gasteiger partial charge in [0.2, 0.25) is 0 Å². The Bertz CT molecular complexity index is 632. The van der Waals surface area contributed by atoms with Crippen LogP contribution in [-0.2, 0) is 12.8 Å². The fourth-order valence-corrected chi connectivity index (χ4v) is 2.02. The zero-order valence-electron chi connectivity index (χ0n) is 10.6. The zero-order chi connectivity index (χ0) is 14.9. The molecule has 0 aliphatic heterocycles. The molecule has 0 aromatic heterocycles. The average molecular weight is 284 g/mol. The number of aryl methyl sites for hydroxylation is 1. The highest BCUT2D eigenvalue weighted by molar-refractivity contribution is 5.69. The normalized spacial score (nSPS) is 11.7. The van der Waals surface area contributed by atoms with E-state index in [0.717, 1.165) is 12.1 Å². The van der Waals surface area contributed by atoms with Crippen LogP contribution in [0.5, 0.6) is 0 Å². The molecule has 0 aliphatic carbocycles. The largest absolute Gasteiger partial charge is 0.416 e. The molecule has 0 heterocycles. The highest BCUT2D eigenvalue weighted by Gasteiger charge is 2.31. The number of halogens is 4. The summed E-state index contributed by atoms with van der Waals surface area (Å²) in [6.45, 7) is 0.980. The van der Waals surface area contributed by atoms with Crippen LogP contribution in [0.3, 0.4) is 0 Å². The topological polar surface area (TPSA) is 20.2 Å². The van der Waals surface area contributed by atoms with Crippen molar-refractivity contribution in [3.05, 3.63) is 58.9 Å². The summed E-state index contributed by atoms with van der Waals surface area (Å²) >= 11 is 0. The third-order valence-electron chi connectivity index (χ3n) is 3.08. The first-order valence-electron chi connectivity index (χ1n) is 5.91. The summed E-state index contributed by atoms with van der Waals surface area (Å²) in [6, 6.07) is 7.58. The minimum atomic E-state index is -4.49. The minimum Gasteiger partial charge on any atom is -0.392 e. The molecule has 0 bridgehead atoms. The van der Waals surface area contributed by atoms with E-state index < -0.39 is 24.2 Å². The molecule has 0 fully saturated rings. The van der Waals surface area contributed by atoms with Crippen LogP contribution in [-0.4, -0.2) is 5.11 Å². The van der Waals surface area contributed by atoms with E-state index in [9.17, 15) is 22.7 Å². The maximum atomic E-state index is 14.0. The Kier molecular flexibility index (Phi) is 3.81. The molecule has 0 amide bonds. The summed E-state index contributed by atoms with van der Waals surface area (Å²) < 4.78 is 51.9. The van der Waals surface area contributed by atoms with Crippen molar-refractivity contribution < 1.29 is 22.7 Å². The molecule has 5 heteroatoms. The molecule has 0 aliphatic rings. The van der Waals surface area contributed by atoms with Crippen LogP contribution in [0, 0.1) is 12.7 Å². The van der Waals surface area contributed by atoms with E-state index in [-0.39, 0.29) is 16.7 Å². The van der Waals surface area contributed by atoms with Crippen LogP contribution in [0.25, 0.3) is 11.1 Å². The monoisotopic (exact) mass is 284 g/mol. The molecule has 2 aromatic rings. The number of aliphatic hydroxyl groups excluding tert-OH is 1. The smallest absolute Gasteiger partial charge is 0.392 e. The number of rotatable bonds is 2. The molecule has 1 N–H and O–H groups in total. The van der Waals surface area contributed by atoms with E-state index in [1.807, 2.05) is 0 Å². The summed E-state index contributed by atoms with van der Waals surface area (Å²) in [7, 11) is 0. The Morgan fingerprint density at radius 2 is 1.75 bits per heavy atom. The second-order valence-corrected chi connectivity index (χ2v) is 4.46. The van der Waals surface area contributed by atoms with Gasteiger partial charge in [0, 0.05) is 5.56 Å². The molecule has 0 spiro atoms. The summed E-state index contributed by atoms with van der Waals surface area (Å²) in [4.78, 5) is 0. The van der Waals surface area contributed by atoms with Crippen molar-refractivity contribution in [3.63, 3.8) is 0 Å². The molecule has 106 valence electrons. The average Bonchev–Trinajstić information content (AvgIpc) is 2.40. The van der Waals surface area contributed by atoms with E-state index in [4.69, 9.17) is 0 Å². The maximum Gasteiger partial charge on any atom is 0.416 e. The van der Waals surface area contributed by atoms with Crippen LogP contribution in [0.1, 0.15) is 16.7 Å². The Morgan fingerprint density at radius 1 is 1.05 bits per heavy atom. The Balaban J connectivity index is 2.61. The second kappa shape index (κ2) is 5.25. The molecule has 0 saturated carbocycles. The quantitative estimate of drug-likeness (QED) is 0.815. The Labute approximate surface area is 113 Å². The fourth-order valence-electron chi connectivity index (χ4n) is 2.02. The minimum absolute atomic E-state index is 0.0457. The maximum absolute atomic E-state index is 14.0. The summed E-state index contributed by atoms with van der Waals surface area (Å²) in [5, 5.41) is 9.24. The number of aliphatic hydroxyl groups is 1. The van der Waals surface area contributed by atoms with Crippen molar-refractivity contribution in [3.8, 4) is 11.1 Å². The van der Waals surface area contributed by atoms with Gasteiger partial charge in [0.1, 0.15) is 5.82 Å². The predicted octanol–water partition coefficient (Wildman–Crippen LogP) is 4.31. The number of hydrogen-bond acceptors (Lipinski definition) is 1. The van der Waals surface area contributed by atoms with Gasteiger partial charge in [-0.25, -0.2) is 4.39 Å². The highest BCUT2D eigenvalue weighted by atomic mass is 19.4. The fraction of sp³-hybridized carbons (Fsp3) is 0.200. The molecule has 0 radical (unpaired) electrons. The van der Waals surface area contributed by atoms with Crippen LogP contribution < -0.4 is 0 Å². The molecule has 0 atom stereocenters. The van der Waals surface area contributed by atoms with Gasteiger partial charge < -0.3 is 5.11 Å². The molecule has 20 heavy (non-hydrogen) atoms. The SMILES string of the molecule is Cc1cccc(-c2ccc(C(F)(F)F)cc2CO)c1F. The summed E-state index contributed by atoms with van der Waals surface area (Å²) in [5.41, 5.74) is 0.0263. The van der Waals surface area contributed by atoms with Gasteiger partial charge in [-0.15, -0.1) is 0 Å². The lowest BCUT2D eigenvalue weighted by Crippen LogP contribution is -2.06. The molecule has 0 saturated heterocycles. The zero-order valence-corrected chi connectivity index (χ0v) is 10.6. The van der Waals surface area contributed by atoms with Crippen molar-refractivity contribution in [1.29, 1.82) is 0 Å². The van der Waals surface area contributed by atoms with E-state index in [2.05, 4.69) is 0 Å². The van der Waals surface area contributed by atoms with Gasteiger partial charge in [0.05, 0.1) is 12.2 Å². The molecular formula is C15H12F4O. The van der Waals surface area contributed by atoms with Crippen LogP contribution in [0.15, 0.2) is 36.4 Å². The van der Waals surface area contributed by atoms with Crippen LogP contribution >= 0.6 is 0 Å². The number of hydrogen-bond donors (Lipinski definition) is 1. The van der Waals surface area contributed by atoms with Gasteiger partial charge in [-0.05, 0) is 35.7 Å². The lowest BCUT2D eigenvalue weighted by molar-refractivity contribution is -0.137. The number of benzene rings is 2. The van der Waals surface area contributed by atoms with Gasteiger partial charge in [0.25, 0.3) is 0 Å². The van der Waals surface area contributed by atoms with Crippen molar-refractivity contribution in [2.75, 3.05) is 0 Å². The second-order valence-electron chi connectivity index (χ2n) is 4.46. The van der Waals surface area contributed by atoms with Gasteiger partial charge in [-0.1, -0.05) is 24.3 Å². The molecule has 1 nitrogen and oxygen atoms in total. The van der Waals surface area contributed by atoms with Gasteiger partial charge in [-0.3, -0.25) is 0 Å². The Morgan fingerprint density at radius 3 is 2.35 bits per heavy atom. The summed E-state index contributed by atoms with van der Waals surface area (Å²) in [5.74, 6) is -0.498. The van der Waals surface area contributed by atoms with Gasteiger partial charge in [-0.2, -0.15) is 13.2 Å². The third kappa shape index (κ3) is 2.67. The summed E-state index contributed by atoms with van der Waals surface area (Å²) in [6.07, 6.45) is -4.49. The van der Waals surface area contributed by atoms with Crippen molar-refractivity contribution in [2.45, 2.75) is 19.7 Å². The third-order valence-corrected chi connectivity index (χ3v) is 3.08. The van der Waals surface area contributed by atoms with Gasteiger partial charge >= 0.3 is 6.18 Å². The van der Waals surface area contributed by atoms with E-state index >= 15 is 0 Å². The lowest BCUT2D eigenvalue weighted by atomic mass is 9.96. The first kappa shape index (κ1) is 14.5. The Hall–Kier alpha value is -1.88. The van der Waals surface area contributed by atoms with Crippen molar-refractivity contribution in [1.82, 2.24) is 0 Å². The predicted molar refractivity (Wildman–Crippen MR) is 67.5 cm³/mol. The van der Waals surface area contributed by atoms with E-state index in [0.29, 0.717) is 5.56 Å². The van der Waals surface area contributed by atoms with Crippen LogP contribution in [0.2, 0.25) is 0 Å².